The summed E-state index contributed by atoms with van der Waals surface area (Å²) in [7, 11) is 3.10. The van der Waals surface area contributed by atoms with E-state index in [2.05, 4.69) is 4.98 Å². The Morgan fingerprint density at radius 3 is 2.48 bits per heavy atom. The van der Waals surface area contributed by atoms with E-state index in [1.165, 1.54) is 11.6 Å². The predicted octanol–water partition coefficient (Wildman–Crippen LogP) is 4.55. The summed E-state index contributed by atoms with van der Waals surface area (Å²) in [5.74, 6) is 0. The van der Waals surface area contributed by atoms with Crippen molar-refractivity contribution in [2.45, 2.75) is 0 Å². The minimum absolute atomic E-state index is 0.391. The molecule has 5 aromatic rings. The quantitative estimate of drug-likeness (QED) is 0.396. The molecule has 3 heterocycles. The number of halogens is 2. The summed E-state index contributed by atoms with van der Waals surface area (Å²) >= 11 is 12.7. The highest BCUT2D eigenvalue weighted by atomic mass is 35.5. The molecule has 0 aliphatic carbocycles. The summed E-state index contributed by atoms with van der Waals surface area (Å²) in [5.41, 5.74) is 2.51. The van der Waals surface area contributed by atoms with Crippen LogP contribution >= 0.6 is 23.2 Å². The predicted molar refractivity (Wildman–Crippen MR) is 125 cm³/mol. The van der Waals surface area contributed by atoms with Crippen LogP contribution in [0.4, 0.5) is 0 Å². The Kier molecular flexibility index (Phi) is 4.50. The molecular weight excluding hydrogens is 435 g/mol. The Balaban J connectivity index is 1.96. The minimum atomic E-state index is -0.403. The first kappa shape index (κ1) is 19.6. The maximum atomic E-state index is 13.2. The van der Waals surface area contributed by atoms with Crippen LogP contribution in [0.15, 0.2) is 70.5 Å². The standard InChI is InChI=1S/C23H16Cl2N4O2/c1-27-19-12-29(15-9-13-5-3-4-6-18(13)26-11-15)21(16-8-7-14(24)10-17(16)25)20(19)22(30)28(2)23(27)31/h3-12H,1-2H3. The number of nitrogens with zero attached hydrogens (tertiary/aromatic N) is 4. The topological polar surface area (TPSA) is 61.8 Å². The lowest BCUT2D eigenvalue weighted by Crippen LogP contribution is -2.36. The third kappa shape index (κ3) is 2.99. The Bertz CT molecular complexity index is 1630. The van der Waals surface area contributed by atoms with Gasteiger partial charge in [0.2, 0.25) is 0 Å². The van der Waals surface area contributed by atoms with Gasteiger partial charge < -0.3 is 4.57 Å². The van der Waals surface area contributed by atoms with Crippen LogP contribution in [-0.4, -0.2) is 18.7 Å². The van der Waals surface area contributed by atoms with E-state index in [9.17, 15) is 9.59 Å². The van der Waals surface area contributed by atoms with Crippen molar-refractivity contribution in [2.24, 2.45) is 14.1 Å². The van der Waals surface area contributed by atoms with Crippen molar-refractivity contribution in [3.63, 3.8) is 0 Å². The molecule has 0 saturated carbocycles. The van der Waals surface area contributed by atoms with Crippen LogP contribution < -0.4 is 11.2 Å². The first-order valence-corrected chi connectivity index (χ1v) is 10.2. The summed E-state index contributed by atoms with van der Waals surface area (Å²) in [6.07, 6.45) is 3.50. The highest BCUT2D eigenvalue weighted by Gasteiger charge is 2.22. The second kappa shape index (κ2) is 7.11. The molecule has 154 valence electrons. The van der Waals surface area contributed by atoms with E-state index < -0.39 is 11.2 Å². The van der Waals surface area contributed by atoms with E-state index in [-0.39, 0.29) is 0 Å². The van der Waals surface area contributed by atoms with Crippen molar-refractivity contribution in [3.8, 4) is 16.9 Å². The van der Waals surface area contributed by atoms with Gasteiger partial charge in [-0.25, -0.2) is 4.79 Å². The number of para-hydroxylation sites is 1. The Morgan fingerprint density at radius 1 is 0.935 bits per heavy atom. The molecule has 0 bridgehead atoms. The molecule has 6 nitrogen and oxygen atoms in total. The van der Waals surface area contributed by atoms with Gasteiger partial charge in [0, 0.05) is 36.3 Å². The monoisotopic (exact) mass is 450 g/mol. The van der Waals surface area contributed by atoms with E-state index in [0.717, 1.165) is 21.2 Å². The first-order valence-electron chi connectivity index (χ1n) is 9.48. The van der Waals surface area contributed by atoms with Crippen molar-refractivity contribution in [2.75, 3.05) is 0 Å². The van der Waals surface area contributed by atoms with Gasteiger partial charge in [0.1, 0.15) is 0 Å². The normalized spacial score (nSPS) is 11.5. The fourth-order valence-electron chi connectivity index (χ4n) is 3.88. The van der Waals surface area contributed by atoms with Gasteiger partial charge in [0.05, 0.1) is 39.0 Å². The summed E-state index contributed by atoms with van der Waals surface area (Å²) in [5, 5.41) is 2.23. The molecule has 0 amide bonds. The lowest BCUT2D eigenvalue weighted by Gasteiger charge is -2.12. The summed E-state index contributed by atoms with van der Waals surface area (Å²) < 4.78 is 4.40. The first-order chi connectivity index (χ1) is 14.9. The van der Waals surface area contributed by atoms with Crippen LogP contribution in [0.1, 0.15) is 0 Å². The third-order valence-corrected chi connectivity index (χ3v) is 6.03. The van der Waals surface area contributed by atoms with Crippen LogP contribution in [0.5, 0.6) is 0 Å². The maximum absolute atomic E-state index is 13.2. The van der Waals surface area contributed by atoms with Gasteiger partial charge in [0.15, 0.2) is 0 Å². The van der Waals surface area contributed by atoms with Gasteiger partial charge in [-0.15, -0.1) is 0 Å². The van der Waals surface area contributed by atoms with E-state index in [1.54, 1.807) is 37.6 Å². The second-order valence-electron chi connectivity index (χ2n) is 7.32. The van der Waals surface area contributed by atoms with E-state index in [4.69, 9.17) is 23.2 Å². The zero-order chi connectivity index (χ0) is 21.9. The van der Waals surface area contributed by atoms with E-state index >= 15 is 0 Å². The number of pyridine rings is 1. The molecule has 8 heteroatoms. The molecule has 31 heavy (non-hydrogen) atoms. The summed E-state index contributed by atoms with van der Waals surface area (Å²) in [4.78, 5) is 30.3. The van der Waals surface area contributed by atoms with Crippen LogP contribution in [0.3, 0.4) is 0 Å². The zero-order valence-corrected chi connectivity index (χ0v) is 18.1. The molecule has 0 unspecified atom stereocenters. The molecule has 0 fully saturated rings. The average Bonchev–Trinajstić information content (AvgIpc) is 3.16. The Hall–Kier alpha value is -3.35. The molecule has 5 rings (SSSR count). The van der Waals surface area contributed by atoms with Crippen molar-refractivity contribution in [1.29, 1.82) is 0 Å². The number of hydrogen-bond donors (Lipinski definition) is 0. The maximum Gasteiger partial charge on any atom is 0.330 e. The van der Waals surface area contributed by atoms with Crippen molar-refractivity contribution in [3.05, 3.63) is 91.8 Å². The molecule has 0 atom stereocenters. The fourth-order valence-corrected chi connectivity index (χ4v) is 4.38. The molecule has 2 aromatic carbocycles. The highest BCUT2D eigenvalue weighted by molar-refractivity contribution is 6.36. The summed E-state index contributed by atoms with van der Waals surface area (Å²) in [6.45, 7) is 0. The van der Waals surface area contributed by atoms with Gasteiger partial charge in [0.25, 0.3) is 5.56 Å². The zero-order valence-electron chi connectivity index (χ0n) is 16.6. The van der Waals surface area contributed by atoms with Gasteiger partial charge in [-0.3, -0.25) is 18.9 Å². The molecule has 0 radical (unpaired) electrons. The lowest BCUT2D eigenvalue weighted by molar-refractivity contribution is 0.714. The van der Waals surface area contributed by atoms with Crippen LogP contribution in [-0.2, 0) is 14.1 Å². The van der Waals surface area contributed by atoms with Crippen molar-refractivity contribution in [1.82, 2.24) is 18.7 Å². The molecule has 0 N–H and O–H groups in total. The molecule has 0 aliphatic heterocycles. The number of benzene rings is 2. The lowest BCUT2D eigenvalue weighted by atomic mass is 10.1. The Morgan fingerprint density at radius 2 is 1.71 bits per heavy atom. The average molecular weight is 451 g/mol. The second-order valence-corrected chi connectivity index (χ2v) is 8.17. The van der Waals surface area contributed by atoms with E-state index in [0.29, 0.717) is 32.2 Å². The number of aromatic nitrogens is 4. The third-order valence-electron chi connectivity index (χ3n) is 5.48. The molecule has 0 saturated heterocycles. The SMILES string of the molecule is Cn1c(=O)c2c(-c3ccc(Cl)cc3Cl)n(-c3cnc4ccccc4c3)cc2n(C)c1=O. The number of aryl methyl sites for hydroxylation is 1. The largest absolute Gasteiger partial charge is 0.330 e. The molecule has 0 spiro atoms. The summed E-state index contributed by atoms with van der Waals surface area (Å²) in [6, 6.07) is 14.9. The molecule has 0 aliphatic rings. The fraction of sp³-hybridized carbons (Fsp3) is 0.0870. The van der Waals surface area contributed by atoms with Gasteiger partial charge in [-0.2, -0.15) is 0 Å². The number of hydrogen-bond acceptors (Lipinski definition) is 3. The smallest absolute Gasteiger partial charge is 0.312 e. The van der Waals surface area contributed by atoms with E-state index in [1.807, 2.05) is 34.9 Å². The van der Waals surface area contributed by atoms with Gasteiger partial charge in [-0.1, -0.05) is 41.4 Å². The van der Waals surface area contributed by atoms with Gasteiger partial charge in [-0.05, 0) is 30.3 Å². The number of rotatable bonds is 2. The van der Waals surface area contributed by atoms with Crippen molar-refractivity contribution < 1.29 is 0 Å². The number of fused-ring (bicyclic) bond motifs is 2. The van der Waals surface area contributed by atoms with Crippen molar-refractivity contribution >= 4 is 45.0 Å². The molecule has 3 aromatic heterocycles. The Labute approximate surface area is 186 Å². The van der Waals surface area contributed by atoms with Crippen LogP contribution in [0, 0.1) is 0 Å². The molecular formula is C23H16Cl2N4O2. The minimum Gasteiger partial charge on any atom is -0.312 e. The van der Waals surface area contributed by atoms with Gasteiger partial charge >= 0.3 is 5.69 Å². The highest BCUT2D eigenvalue weighted by Crippen LogP contribution is 2.36. The van der Waals surface area contributed by atoms with Crippen LogP contribution in [0.2, 0.25) is 10.0 Å². The van der Waals surface area contributed by atoms with Crippen LogP contribution in [0.25, 0.3) is 38.8 Å².